The molecule has 2 aromatic rings. The van der Waals surface area contributed by atoms with Gasteiger partial charge in [0.2, 0.25) is 0 Å². The fraction of sp³-hybridized carbons (Fsp3) is 0.143. The second-order valence-corrected chi connectivity index (χ2v) is 6.50. The standard InChI is InChI=1S/C14H9Br2ClF2/c15-9-2-4-13(17)11(6-9)12(16)5-8-1-3-10(18)7-14(8)19/h1-4,6-7,12H,5H2. The van der Waals surface area contributed by atoms with Crippen molar-refractivity contribution in [2.75, 3.05) is 0 Å². The van der Waals surface area contributed by atoms with Gasteiger partial charge >= 0.3 is 0 Å². The molecule has 0 fully saturated rings. The molecule has 2 aromatic carbocycles. The fourth-order valence-electron chi connectivity index (χ4n) is 1.74. The van der Waals surface area contributed by atoms with Gasteiger partial charge in [0.15, 0.2) is 0 Å². The van der Waals surface area contributed by atoms with Gasteiger partial charge in [0, 0.05) is 20.4 Å². The predicted molar refractivity (Wildman–Crippen MR) is 80.9 cm³/mol. The first-order valence-corrected chi connectivity index (χ1v) is 7.59. The van der Waals surface area contributed by atoms with Crippen LogP contribution in [-0.2, 0) is 6.42 Å². The summed E-state index contributed by atoms with van der Waals surface area (Å²) in [6, 6.07) is 9.08. The number of alkyl halides is 1. The molecule has 0 radical (unpaired) electrons. The highest BCUT2D eigenvalue weighted by molar-refractivity contribution is 9.10. The Morgan fingerprint density at radius 3 is 2.53 bits per heavy atom. The molecule has 0 saturated heterocycles. The quantitative estimate of drug-likeness (QED) is 0.540. The minimum absolute atomic E-state index is 0.141. The summed E-state index contributed by atoms with van der Waals surface area (Å²) in [7, 11) is 0. The molecule has 1 atom stereocenters. The van der Waals surface area contributed by atoms with Crippen molar-refractivity contribution in [2.45, 2.75) is 11.2 Å². The van der Waals surface area contributed by atoms with Gasteiger partial charge in [0.25, 0.3) is 0 Å². The normalized spacial score (nSPS) is 12.5. The van der Waals surface area contributed by atoms with Crippen LogP contribution in [0.4, 0.5) is 8.78 Å². The van der Waals surface area contributed by atoms with Crippen molar-refractivity contribution < 1.29 is 8.78 Å². The third kappa shape index (κ3) is 3.77. The van der Waals surface area contributed by atoms with Crippen molar-refractivity contribution in [3.63, 3.8) is 0 Å². The van der Waals surface area contributed by atoms with E-state index in [0.29, 0.717) is 17.0 Å². The highest BCUT2D eigenvalue weighted by Gasteiger charge is 2.15. The molecule has 0 spiro atoms. The van der Waals surface area contributed by atoms with Gasteiger partial charge in [-0.25, -0.2) is 8.78 Å². The summed E-state index contributed by atoms with van der Waals surface area (Å²) in [4.78, 5) is -0.141. The van der Waals surface area contributed by atoms with E-state index in [0.717, 1.165) is 16.1 Å². The summed E-state index contributed by atoms with van der Waals surface area (Å²) >= 11 is 13.0. The summed E-state index contributed by atoms with van der Waals surface area (Å²) in [6.07, 6.45) is 0.391. The summed E-state index contributed by atoms with van der Waals surface area (Å²) in [5.41, 5.74) is 1.30. The first-order chi connectivity index (χ1) is 8.97. The summed E-state index contributed by atoms with van der Waals surface area (Å²) in [5, 5.41) is 0.604. The SMILES string of the molecule is Fc1ccc(CC(Br)c2cc(Br)ccc2Cl)c(F)c1. The Labute approximate surface area is 132 Å². The zero-order valence-corrected chi connectivity index (χ0v) is 13.6. The Bertz CT molecular complexity index is 602. The highest BCUT2D eigenvalue weighted by atomic mass is 79.9. The van der Waals surface area contributed by atoms with Gasteiger partial charge in [-0.2, -0.15) is 0 Å². The highest BCUT2D eigenvalue weighted by Crippen LogP contribution is 2.34. The lowest BCUT2D eigenvalue weighted by Gasteiger charge is -2.13. The third-order valence-electron chi connectivity index (χ3n) is 2.71. The van der Waals surface area contributed by atoms with Crippen LogP contribution in [0.15, 0.2) is 40.9 Å². The zero-order valence-electron chi connectivity index (χ0n) is 9.64. The van der Waals surface area contributed by atoms with Gasteiger partial charge in [0.05, 0.1) is 0 Å². The van der Waals surface area contributed by atoms with E-state index in [1.165, 1.54) is 12.1 Å². The molecule has 0 nitrogen and oxygen atoms in total. The molecule has 100 valence electrons. The van der Waals surface area contributed by atoms with E-state index in [1.807, 2.05) is 12.1 Å². The molecular formula is C14H9Br2ClF2. The minimum Gasteiger partial charge on any atom is -0.207 e. The number of benzene rings is 2. The number of halogens is 5. The second-order valence-electron chi connectivity index (χ2n) is 4.07. The monoisotopic (exact) mass is 408 g/mol. The van der Waals surface area contributed by atoms with Crippen LogP contribution < -0.4 is 0 Å². The fourth-order valence-corrected chi connectivity index (χ4v) is 3.23. The van der Waals surface area contributed by atoms with Gasteiger partial charge in [-0.1, -0.05) is 49.5 Å². The Morgan fingerprint density at radius 1 is 1.11 bits per heavy atom. The predicted octanol–water partition coefficient (Wildman–Crippen LogP) is 6.06. The smallest absolute Gasteiger partial charge is 0.129 e. The molecule has 0 heterocycles. The van der Waals surface area contributed by atoms with Crippen molar-refractivity contribution in [1.82, 2.24) is 0 Å². The van der Waals surface area contributed by atoms with E-state index >= 15 is 0 Å². The van der Waals surface area contributed by atoms with E-state index in [9.17, 15) is 8.78 Å². The van der Waals surface area contributed by atoms with Gasteiger partial charge < -0.3 is 0 Å². The molecule has 1 unspecified atom stereocenters. The van der Waals surface area contributed by atoms with Crippen LogP contribution in [0.2, 0.25) is 5.02 Å². The molecule has 5 heteroatoms. The molecular weight excluding hydrogens is 401 g/mol. The molecule has 0 aliphatic carbocycles. The number of hydrogen-bond donors (Lipinski definition) is 0. The average Bonchev–Trinajstić information content (AvgIpc) is 2.35. The van der Waals surface area contributed by atoms with E-state index in [-0.39, 0.29) is 4.83 Å². The lowest BCUT2D eigenvalue weighted by atomic mass is 10.0. The third-order valence-corrected chi connectivity index (χ3v) is 4.36. The van der Waals surface area contributed by atoms with Crippen molar-refractivity contribution in [2.24, 2.45) is 0 Å². The number of rotatable bonds is 3. The van der Waals surface area contributed by atoms with E-state index in [4.69, 9.17) is 11.6 Å². The maximum Gasteiger partial charge on any atom is 0.129 e. The van der Waals surface area contributed by atoms with E-state index in [1.54, 1.807) is 6.07 Å². The molecule has 0 N–H and O–H groups in total. The summed E-state index contributed by atoms with van der Waals surface area (Å²) in [5.74, 6) is -1.12. The molecule has 0 amide bonds. The Hall–Kier alpha value is -0.450. The Balaban J connectivity index is 2.25. The van der Waals surface area contributed by atoms with Gasteiger partial charge in [-0.3, -0.25) is 0 Å². The average molecular weight is 410 g/mol. The first kappa shape index (κ1) is 14.9. The van der Waals surface area contributed by atoms with Crippen molar-refractivity contribution in [3.05, 3.63) is 68.7 Å². The molecule has 0 bridgehead atoms. The van der Waals surface area contributed by atoms with Crippen LogP contribution in [0.3, 0.4) is 0 Å². The van der Waals surface area contributed by atoms with Crippen LogP contribution in [0.5, 0.6) is 0 Å². The van der Waals surface area contributed by atoms with Crippen molar-refractivity contribution in [3.8, 4) is 0 Å². The van der Waals surface area contributed by atoms with Crippen molar-refractivity contribution >= 4 is 43.5 Å². The lowest BCUT2D eigenvalue weighted by molar-refractivity contribution is 0.571. The Morgan fingerprint density at radius 2 is 1.84 bits per heavy atom. The van der Waals surface area contributed by atoms with Crippen LogP contribution in [-0.4, -0.2) is 0 Å². The largest absolute Gasteiger partial charge is 0.207 e. The molecule has 0 aliphatic rings. The molecule has 2 rings (SSSR count). The van der Waals surface area contributed by atoms with Crippen molar-refractivity contribution in [1.29, 1.82) is 0 Å². The topological polar surface area (TPSA) is 0 Å². The van der Waals surface area contributed by atoms with Crippen LogP contribution in [0.1, 0.15) is 16.0 Å². The summed E-state index contributed by atoms with van der Waals surface area (Å²) in [6.45, 7) is 0. The van der Waals surface area contributed by atoms with Gasteiger partial charge in [-0.15, -0.1) is 0 Å². The Kier molecular flexibility index (Phi) is 4.98. The van der Waals surface area contributed by atoms with Gasteiger partial charge in [-0.05, 0) is 41.8 Å². The van der Waals surface area contributed by atoms with Crippen LogP contribution in [0, 0.1) is 11.6 Å². The molecule has 0 aromatic heterocycles. The van der Waals surface area contributed by atoms with Crippen LogP contribution >= 0.6 is 43.5 Å². The van der Waals surface area contributed by atoms with E-state index < -0.39 is 11.6 Å². The first-order valence-electron chi connectivity index (χ1n) is 5.50. The van der Waals surface area contributed by atoms with Crippen LogP contribution in [0.25, 0.3) is 0 Å². The summed E-state index contributed by atoms with van der Waals surface area (Å²) < 4.78 is 27.3. The maximum absolute atomic E-state index is 13.6. The molecule has 19 heavy (non-hydrogen) atoms. The van der Waals surface area contributed by atoms with Gasteiger partial charge in [0.1, 0.15) is 11.6 Å². The second kappa shape index (κ2) is 6.33. The minimum atomic E-state index is -0.576. The van der Waals surface area contributed by atoms with E-state index in [2.05, 4.69) is 31.9 Å². The number of hydrogen-bond acceptors (Lipinski definition) is 0. The maximum atomic E-state index is 13.6. The molecule has 0 saturated carbocycles. The molecule has 0 aliphatic heterocycles. The lowest BCUT2D eigenvalue weighted by Crippen LogP contribution is -1.99. The zero-order chi connectivity index (χ0) is 14.0.